The van der Waals surface area contributed by atoms with Crippen LogP contribution in [0.4, 0.5) is 11.5 Å². The summed E-state index contributed by atoms with van der Waals surface area (Å²) in [6.45, 7) is 1.43. The van der Waals surface area contributed by atoms with E-state index in [0.717, 1.165) is 79.2 Å². The molecule has 0 radical (unpaired) electrons. The first-order valence-corrected chi connectivity index (χ1v) is 17.5. The summed E-state index contributed by atoms with van der Waals surface area (Å²) in [4.78, 5) is 37.8. The first kappa shape index (κ1) is 30.7. The highest BCUT2D eigenvalue weighted by molar-refractivity contribution is 7.89. The normalized spacial score (nSPS) is 22.2. The van der Waals surface area contributed by atoms with Crippen LogP contribution in [-0.2, 0) is 14.8 Å². The smallest absolute Gasteiger partial charge is 0.348 e. The van der Waals surface area contributed by atoms with E-state index in [-0.39, 0.29) is 28.8 Å². The van der Waals surface area contributed by atoms with E-state index in [0.29, 0.717) is 11.7 Å². The van der Waals surface area contributed by atoms with Gasteiger partial charge in [-0.15, -0.1) is 11.3 Å². The molecule has 6 rings (SSSR count). The summed E-state index contributed by atoms with van der Waals surface area (Å²) in [6, 6.07) is 14.6. The van der Waals surface area contributed by atoms with Gasteiger partial charge in [-0.1, -0.05) is 49.6 Å². The molecule has 1 aliphatic carbocycles. The van der Waals surface area contributed by atoms with Crippen LogP contribution in [-0.4, -0.2) is 91.9 Å². The molecule has 2 aromatic heterocycles. The fraction of sp³-hybridized carbons (Fsp3) is 0.469. The highest BCUT2D eigenvalue weighted by atomic mass is 32.2. The molecule has 1 aromatic carbocycles. The molecule has 0 spiro atoms. The van der Waals surface area contributed by atoms with Crippen molar-refractivity contribution in [3.8, 4) is 10.4 Å². The number of carboxylic acids is 1. The average molecular weight is 638 g/mol. The summed E-state index contributed by atoms with van der Waals surface area (Å²) >= 11 is 1.14. The van der Waals surface area contributed by atoms with E-state index in [4.69, 9.17) is 0 Å². The van der Waals surface area contributed by atoms with Gasteiger partial charge in [0.15, 0.2) is 0 Å². The third kappa shape index (κ3) is 6.00. The minimum absolute atomic E-state index is 0.0568. The molecule has 2 atom stereocenters. The van der Waals surface area contributed by atoms with Gasteiger partial charge >= 0.3 is 5.97 Å². The van der Waals surface area contributed by atoms with E-state index >= 15 is 0 Å². The van der Waals surface area contributed by atoms with Crippen LogP contribution in [0.25, 0.3) is 10.4 Å². The molecule has 0 unspecified atom stereocenters. The number of carbonyl (C=O) groups excluding carboxylic acids is 1. The Labute approximate surface area is 263 Å². The number of thiophene rings is 1. The number of pyridine rings is 1. The number of benzene rings is 1. The Morgan fingerprint density at radius 3 is 2.41 bits per heavy atom. The first-order valence-electron chi connectivity index (χ1n) is 15.3. The number of sulfonamides is 1. The van der Waals surface area contributed by atoms with E-state index in [1.54, 1.807) is 23.1 Å². The third-order valence-electron chi connectivity index (χ3n) is 9.30. The average Bonchev–Trinajstić information content (AvgIpc) is 3.71. The van der Waals surface area contributed by atoms with E-state index < -0.39 is 27.9 Å². The molecule has 1 N–H and O–H groups in total. The summed E-state index contributed by atoms with van der Waals surface area (Å²) < 4.78 is 29.2. The van der Waals surface area contributed by atoms with E-state index in [9.17, 15) is 23.1 Å². The SMILES string of the molecule is CN(C)[C@H]1CCN(c2ccc(S(=O)(=O)N3CC(=O)N(c4cc(-c5ccccc5)sc4C(=O)O)[C@H](C4CCCCC4)C3)cn2)C1. The van der Waals surface area contributed by atoms with Gasteiger partial charge in [-0.3, -0.25) is 4.79 Å². The molecular weight excluding hydrogens is 599 g/mol. The standard InChI is InChI=1S/C32H39N5O5S2/c1-34(2)24-15-16-35(19-24)29-14-13-25(18-33-29)44(41,42)36-20-27(22-9-5-3-6-10-22)37(30(38)21-36)26-17-28(43-31(26)32(39)40)23-11-7-4-8-12-23/h4,7-8,11-14,17-18,22,24,27H,3,5-6,9-10,15-16,19-21H2,1-2H3,(H,39,40)/t24-,27-/m0/s1. The number of rotatable bonds is 8. The number of nitrogens with zero attached hydrogens (tertiary/aromatic N) is 5. The van der Waals surface area contributed by atoms with E-state index in [1.165, 1.54) is 10.5 Å². The summed E-state index contributed by atoms with van der Waals surface area (Å²) in [5.74, 6) is -0.708. The Bertz CT molecular complexity index is 1600. The number of carbonyl (C=O) groups is 2. The molecule has 44 heavy (non-hydrogen) atoms. The molecule has 2 aliphatic heterocycles. The van der Waals surface area contributed by atoms with Crippen LogP contribution in [0.3, 0.4) is 0 Å². The number of hydrogen-bond acceptors (Lipinski definition) is 8. The maximum atomic E-state index is 14.0. The molecule has 0 bridgehead atoms. The second-order valence-corrected chi connectivity index (χ2v) is 15.2. The Hall–Kier alpha value is -3.32. The Morgan fingerprint density at radius 1 is 1.02 bits per heavy atom. The van der Waals surface area contributed by atoms with Crippen molar-refractivity contribution in [2.75, 3.05) is 50.1 Å². The Morgan fingerprint density at radius 2 is 1.77 bits per heavy atom. The van der Waals surface area contributed by atoms with Crippen molar-refractivity contribution in [1.82, 2.24) is 14.2 Å². The van der Waals surface area contributed by atoms with Crippen LogP contribution >= 0.6 is 11.3 Å². The predicted molar refractivity (Wildman–Crippen MR) is 172 cm³/mol. The molecule has 1 saturated carbocycles. The second kappa shape index (κ2) is 12.6. The molecular formula is C32H39N5O5S2. The molecule has 10 nitrogen and oxygen atoms in total. The number of likely N-dealkylation sites (N-methyl/N-ethyl adjacent to an activating group) is 1. The lowest BCUT2D eigenvalue weighted by atomic mass is 9.82. The fourth-order valence-electron chi connectivity index (χ4n) is 6.83. The zero-order valence-electron chi connectivity index (χ0n) is 25.1. The summed E-state index contributed by atoms with van der Waals surface area (Å²) in [6.07, 6.45) is 7.23. The molecule has 1 amide bonds. The first-order chi connectivity index (χ1) is 21.1. The van der Waals surface area contributed by atoms with Gasteiger partial charge in [0.05, 0.1) is 18.3 Å². The zero-order valence-corrected chi connectivity index (χ0v) is 26.8. The van der Waals surface area contributed by atoms with Gasteiger partial charge in [0.25, 0.3) is 0 Å². The number of aromatic nitrogens is 1. The number of aromatic carboxylic acids is 1. The highest BCUT2D eigenvalue weighted by Gasteiger charge is 2.44. The van der Waals surface area contributed by atoms with Gasteiger partial charge in [-0.25, -0.2) is 18.2 Å². The number of piperazine rings is 1. The van der Waals surface area contributed by atoms with Crippen LogP contribution in [0.2, 0.25) is 0 Å². The van der Waals surface area contributed by atoms with Crippen molar-refractivity contribution >= 4 is 44.7 Å². The van der Waals surface area contributed by atoms with Crippen LogP contribution in [0.1, 0.15) is 48.2 Å². The molecule has 3 fully saturated rings. The van der Waals surface area contributed by atoms with Crippen LogP contribution < -0.4 is 9.80 Å². The maximum Gasteiger partial charge on any atom is 0.348 e. The minimum Gasteiger partial charge on any atom is -0.477 e. The second-order valence-electron chi connectivity index (χ2n) is 12.2. The van der Waals surface area contributed by atoms with Crippen LogP contribution in [0.5, 0.6) is 0 Å². The van der Waals surface area contributed by atoms with Crippen LogP contribution in [0.15, 0.2) is 59.6 Å². The van der Waals surface area contributed by atoms with Gasteiger partial charge in [0.2, 0.25) is 15.9 Å². The Balaban J connectivity index is 1.30. The number of hydrogen-bond donors (Lipinski definition) is 1. The number of anilines is 2. The molecule has 234 valence electrons. The van der Waals surface area contributed by atoms with Crippen molar-refractivity contribution in [1.29, 1.82) is 0 Å². The van der Waals surface area contributed by atoms with Crippen molar-refractivity contribution in [2.24, 2.45) is 5.92 Å². The molecule has 4 heterocycles. The van der Waals surface area contributed by atoms with E-state index in [2.05, 4.69) is 28.9 Å². The molecule has 3 aliphatic rings. The van der Waals surface area contributed by atoms with Gasteiger partial charge in [0, 0.05) is 36.8 Å². The lowest BCUT2D eigenvalue weighted by Crippen LogP contribution is -2.60. The van der Waals surface area contributed by atoms with Crippen LogP contribution in [0, 0.1) is 5.92 Å². The fourth-order valence-corrected chi connectivity index (χ4v) is 9.18. The van der Waals surface area contributed by atoms with Crippen molar-refractivity contribution in [3.63, 3.8) is 0 Å². The summed E-state index contributed by atoms with van der Waals surface area (Å²) in [5.41, 5.74) is 1.22. The number of carboxylic acid groups (broad SMARTS) is 1. The van der Waals surface area contributed by atoms with Gasteiger partial charge in [-0.2, -0.15) is 4.31 Å². The Kier molecular flexibility index (Phi) is 8.78. The molecule has 3 aromatic rings. The number of amides is 1. The van der Waals surface area contributed by atoms with Crippen molar-refractivity contribution < 1.29 is 23.1 Å². The third-order valence-corrected chi connectivity index (χ3v) is 12.3. The van der Waals surface area contributed by atoms with Gasteiger partial charge in [-0.05, 0) is 63.0 Å². The monoisotopic (exact) mass is 637 g/mol. The predicted octanol–water partition coefficient (Wildman–Crippen LogP) is 4.64. The van der Waals surface area contributed by atoms with Crippen molar-refractivity contribution in [3.05, 3.63) is 59.6 Å². The van der Waals surface area contributed by atoms with Gasteiger partial charge in [0.1, 0.15) is 15.6 Å². The van der Waals surface area contributed by atoms with Crippen molar-refractivity contribution in [2.45, 2.75) is 55.5 Å². The highest BCUT2D eigenvalue weighted by Crippen LogP contribution is 2.42. The minimum atomic E-state index is -4.02. The lowest BCUT2D eigenvalue weighted by Gasteiger charge is -2.44. The summed E-state index contributed by atoms with van der Waals surface area (Å²) in [5, 5.41) is 10.2. The lowest BCUT2D eigenvalue weighted by molar-refractivity contribution is -0.121. The largest absolute Gasteiger partial charge is 0.477 e. The topological polar surface area (TPSA) is 114 Å². The quantitative estimate of drug-likeness (QED) is 0.380. The molecule has 12 heteroatoms. The van der Waals surface area contributed by atoms with Gasteiger partial charge < -0.3 is 19.8 Å². The molecule has 2 saturated heterocycles. The van der Waals surface area contributed by atoms with E-state index in [1.807, 2.05) is 30.3 Å². The summed E-state index contributed by atoms with van der Waals surface area (Å²) in [7, 11) is 0.0970. The maximum absolute atomic E-state index is 14.0. The zero-order chi connectivity index (χ0) is 31.0.